The predicted molar refractivity (Wildman–Crippen MR) is 65.6 cm³/mol. The highest BCUT2D eigenvalue weighted by molar-refractivity contribution is 5.77. The van der Waals surface area contributed by atoms with Crippen LogP contribution in [-0.2, 0) is 11.3 Å². The zero-order valence-corrected chi connectivity index (χ0v) is 10.7. The van der Waals surface area contributed by atoms with E-state index >= 15 is 0 Å². The van der Waals surface area contributed by atoms with Gasteiger partial charge in [-0.3, -0.25) is 0 Å². The molecule has 4 heteroatoms. The first kappa shape index (κ1) is 10.4. The smallest absolute Gasteiger partial charge is 0.153 e. The summed E-state index contributed by atoms with van der Waals surface area (Å²) in [5, 5.41) is 10.1. The van der Waals surface area contributed by atoms with Gasteiger partial charge in [0.05, 0.1) is 5.39 Å². The van der Waals surface area contributed by atoms with Crippen molar-refractivity contribution in [1.29, 1.82) is 0 Å². The third kappa shape index (κ3) is 1.33. The molecule has 3 rings (SSSR count). The molecule has 0 saturated carbocycles. The van der Waals surface area contributed by atoms with Gasteiger partial charge in [0.25, 0.3) is 5.66 Å². The van der Waals surface area contributed by atoms with E-state index in [1.54, 1.807) is 0 Å². The molecule has 0 fully saturated rings. The Morgan fingerprint density at radius 2 is 1.76 bits per heavy atom. The van der Waals surface area contributed by atoms with Gasteiger partial charge in [-0.05, 0) is 26.0 Å². The number of hydrogen-bond acceptors (Lipinski definition) is 2. The summed E-state index contributed by atoms with van der Waals surface area (Å²) in [6.45, 7) is 8.30. The van der Waals surface area contributed by atoms with E-state index in [9.17, 15) is 0 Å². The van der Waals surface area contributed by atoms with Gasteiger partial charge in [0, 0.05) is 13.8 Å². The van der Waals surface area contributed by atoms with E-state index in [0.717, 1.165) is 0 Å². The highest BCUT2D eigenvalue weighted by Crippen LogP contribution is 2.29. The van der Waals surface area contributed by atoms with Crippen molar-refractivity contribution in [2.24, 2.45) is 10.2 Å². The summed E-state index contributed by atoms with van der Waals surface area (Å²) in [5.74, 6) is 0. The topological polar surface area (TPSA) is 33.5 Å². The van der Waals surface area contributed by atoms with E-state index in [2.05, 4.69) is 77.7 Å². The molecule has 0 radical (unpaired) electrons. The van der Waals surface area contributed by atoms with Gasteiger partial charge in [0.2, 0.25) is 11.9 Å². The molecule has 4 nitrogen and oxygen atoms in total. The van der Waals surface area contributed by atoms with Crippen LogP contribution in [-0.4, -0.2) is 4.68 Å². The van der Waals surface area contributed by atoms with Crippen LogP contribution in [0.4, 0.5) is 0 Å². The van der Waals surface area contributed by atoms with Crippen molar-refractivity contribution in [3.05, 3.63) is 30.5 Å². The first-order valence-electron chi connectivity index (χ1n) is 5.89. The van der Waals surface area contributed by atoms with Crippen molar-refractivity contribution in [2.75, 3.05) is 0 Å². The standard InChI is InChI=1S/C13H17N4/c1-12(2)14-15-13(3,4)17-11-8-6-5-7-10(11)9-16(12)17/h5-9H,1-4H3/q+1. The minimum absolute atomic E-state index is 0.325. The maximum absolute atomic E-state index is 4.45. The third-order valence-corrected chi connectivity index (χ3v) is 3.26. The lowest BCUT2D eigenvalue weighted by molar-refractivity contribution is -0.836. The Hall–Kier alpha value is -1.71. The largest absolute Gasteiger partial charge is 0.295 e. The van der Waals surface area contributed by atoms with Crippen molar-refractivity contribution in [2.45, 2.75) is 39.0 Å². The number of aromatic nitrogens is 2. The average Bonchev–Trinajstić information content (AvgIpc) is 2.66. The Kier molecular flexibility index (Phi) is 1.81. The molecule has 0 spiro atoms. The third-order valence-electron chi connectivity index (χ3n) is 3.26. The Balaban J connectivity index is 2.44. The Bertz CT molecular complexity index is 619. The van der Waals surface area contributed by atoms with Crippen LogP contribution >= 0.6 is 0 Å². The minimum Gasteiger partial charge on any atom is -0.153 e. The van der Waals surface area contributed by atoms with E-state index in [1.165, 1.54) is 10.9 Å². The fourth-order valence-corrected chi connectivity index (χ4v) is 2.39. The van der Waals surface area contributed by atoms with Crippen LogP contribution in [0.15, 0.2) is 40.7 Å². The molecule has 0 atom stereocenters. The fourth-order valence-electron chi connectivity index (χ4n) is 2.39. The molecule has 0 saturated heterocycles. The summed E-state index contributed by atoms with van der Waals surface area (Å²) in [4.78, 5) is 0. The Morgan fingerprint density at radius 3 is 2.53 bits per heavy atom. The molecule has 1 aromatic heterocycles. The second-order valence-corrected chi connectivity index (χ2v) is 5.53. The predicted octanol–water partition coefficient (Wildman–Crippen LogP) is 2.78. The van der Waals surface area contributed by atoms with E-state index in [-0.39, 0.29) is 11.3 Å². The van der Waals surface area contributed by atoms with Crippen LogP contribution in [0.25, 0.3) is 10.9 Å². The highest BCUT2D eigenvalue weighted by atomic mass is 15.6. The van der Waals surface area contributed by atoms with Gasteiger partial charge in [-0.25, -0.2) is 0 Å². The molecule has 88 valence electrons. The molecule has 1 aliphatic heterocycles. The average molecular weight is 229 g/mol. The van der Waals surface area contributed by atoms with Gasteiger partial charge in [0.15, 0.2) is 0 Å². The number of azo groups is 1. The second kappa shape index (κ2) is 2.94. The normalized spacial score (nSPS) is 20.5. The van der Waals surface area contributed by atoms with Gasteiger partial charge in [-0.2, -0.15) is 5.11 Å². The van der Waals surface area contributed by atoms with Crippen LogP contribution in [0.2, 0.25) is 0 Å². The maximum Gasteiger partial charge on any atom is 0.295 e. The van der Waals surface area contributed by atoms with Gasteiger partial charge in [0.1, 0.15) is 5.52 Å². The van der Waals surface area contributed by atoms with E-state index < -0.39 is 0 Å². The lowest BCUT2D eigenvalue weighted by atomic mass is 10.2. The number of hydrogen-bond donors (Lipinski definition) is 0. The molecule has 0 amide bonds. The van der Waals surface area contributed by atoms with Crippen molar-refractivity contribution < 1.29 is 4.68 Å². The summed E-state index contributed by atoms with van der Waals surface area (Å²) in [5.41, 5.74) is 0.539. The molecular formula is C13H17N4+. The van der Waals surface area contributed by atoms with Gasteiger partial charge >= 0.3 is 0 Å². The summed E-state index contributed by atoms with van der Waals surface area (Å²) < 4.78 is 4.39. The molecule has 0 bridgehead atoms. The number of para-hydroxylation sites is 1. The number of fused-ring (bicyclic) bond motifs is 3. The SMILES string of the molecule is CC1(C)N=NC(C)(C)[n+]2cc3ccccc3n21. The molecule has 1 aromatic carbocycles. The lowest BCUT2D eigenvalue weighted by Crippen LogP contribution is -2.62. The molecule has 17 heavy (non-hydrogen) atoms. The van der Waals surface area contributed by atoms with Crippen molar-refractivity contribution in [3.63, 3.8) is 0 Å². The van der Waals surface area contributed by atoms with E-state index in [1.807, 2.05) is 0 Å². The zero-order chi connectivity index (χ0) is 12.3. The van der Waals surface area contributed by atoms with Crippen LogP contribution in [0.3, 0.4) is 0 Å². The Labute approximate surface area is 101 Å². The van der Waals surface area contributed by atoms with Gasteiger partial charge in [-0.15, -0.1) is 9.80 Å². The Morgan fingerprint density at radius 1 is 1.06 bits per heavy atom. The van der Waals surface area contributed by atoms with Crippen LogP contribution < -0.4 is 4.68 Å². The summed E-state index contributed by atoms with van der Waals surface area (Å²) >= 11 is 0. The summed E-state index contributed by atoms with van der Waals surface area (Å²) in [6.07, 6.45) is 2.15. The van der Waals surface area contributed by atoms with Crippen molar-refractivity contribution >= 4 is 10.9 Å². The maximum atomic E-state index is 4.45. The molecular weight excluding hydrogens is 212 g/mol. The molecule has 2 aromatic rings. The number of benzene rings is 1. The lowest BCUT2D eigenvalue weighted by Gasteiger charge is -2.28. The molecule has 0 unspecified atom stereocenters. The summed E-state index contributed by atoms with van der Waals surface area (Å²) in [6, 6.07) is 8.37. The molecule has 2 heterocycles. The van der Waals surface area contributed by atoms with Gasteiger partial charge in [-0.1, -0.05) is 16.8 Å². The number of rotatable bonds is 0. The molecule has 1 aliphatic rings. The van der Waals surface area contributed by atoms with Gasteiger partial charge < -0.3 is 0 Å². The van der Waals surface area contributed by atoms with Crippen LogP contribution in [0.5, 0.6) is 0 Å². The van der Waals surface area contributed by atoms with Crippen LogP contribution in [0.1, 0.15) is 27.7 Å². The minimum atomic E-state index is -0.335. The zero-order valence-electron chi connectivity index (χ0n) is 10.7. The van der Waals surface area contributed by atoms with E-state index in [0.29, 0.717) is 0 Å². The second-order valence-electron chi connectivity index (χ2n) is 5.53. The monoisotopic (exact) mass is 229 g/mol. The number of nitrogens with zero attached hydrogens (tertiary/aromatic N) is 4. The van der Waals surface area contributed by atoms with Crippen molar-refractivity contribution in [3.8, 4) is 0 Å². The quantitative estimate of drug-likeness (QED) is 0.622. The fraction of sp³-hybridized carbons (Fsp3) is 0.462. The first-order chi connectivity index (χ1) is 7.92. The molecule has 0 N–H and O–H groups in total. The highest BCUT2D eigenvalue weighted by Gasteiger charge is 2.43. The summed E-state index contributed by atoms with van der Waals surface area (Å²) in [7, 11) is 0. The first-order valence-corrected chi connectivity index (χ1v) is 5.89. The molecule has 0 aliphatic carbocycles. The van der Waals surface area contributed by atoms with Crippen LogP contribution in [0, 0.1) is 0 Å². The van der Waals surface area contributed by atoms with E-state index in [4.69, 9.17) is 0 Å². The van der Waals surface area contributed by atoms with Crippen molar-refractivity contribution in [1.82, 2.24) is 4.68 Å².